The molecule has 0 spiro atoms. The SMILES string of the molecule is CCc1nc(Cl)cc(-c2ccccc2OCCOC)n1. The molecule has 0 unspecified atom stereocenters. The van der Waals surface area contributed by atoms with Crippen LogP contribution < -0.4 is 4.74 Å². The van der Waals surface area contributed by atoms with Gasteiger partial charge in [-0.05, 0) is 12.1 Å². The minimum absolute atomic E-state index is 0.443. The zero-order valence-electron chi connectivity index (χ0n) is 11.6. The molecule has 5 heteroatoms. The van der Waals surface area contributed by atoms with E-state index in [4.69, 9.17) is 21.1 Å². The van der Waals surface area contributed by atoms with Crippen LogP contribution in [0.2, 0.25) is 5.15 Å². The lowest BCUT2D eigenvalue weighted by molar-refractivity contribution is 0.146. The summed E-state index contributed by atoms with van der Waals surface area (Å²) in [6.45, 7) is 3.03. The molecule has 0 aliphatic rings. The van der Waals surface area contributed by atoms with E-state index < -0.39 is 0 Å². The normalized spacial score (nSPS) is 10.6. The van der Waals surface area contributed by atoms with Crippen LogP contribution in [0.1, 0.15) is 12.7 Å². The third-order valence-corrected chi connectivity index (χ3v) is 2.96. The van der Waals surface area contributed by atoms with Crippen molar-refractivity contribution in [3.63, 3.8) is 0 Å². The van der Waals surface area contributed by atoms with Gasteiger partial charge in [0.1, 0.15) is 23.3 Å². The average Bonchev–Trinajstić information content (AvgIpc) is 2.47. The van der Waals surface area contributed by atoms with E-state index in [-0.39, 0.29) is 0 Å². The fourth-order valence-electron chi connectivity index (χ4n) is 1.80. The van der Waals surface area contributed by atoms with Crippen molar-refractivity contribution in [2.24, 2.45) is 0 Å². The molecule has 20 heavy (non-hydrogen) atoms. The predicted octanol–water partition coefficient (Wildman–Crippen LogP) is 3.38. The number of halogens is 1. The highest BCUT2D eigenvalue weighted by atomic mass is 35.5. The van der Waals surface area contributed by atoms with Crippen LogP contribution in [0.25, 0.3) is 11.3 Å². The number of benzene rings is 1. The molecule has 2 rings (SSSR count). The summed E-state index contributed by atoms with van der Waals surface area (Å²) in [5.74, 6) is 1.49. The summed E-state index contributed by atoms with van der Waals surface area (Å²) in [7, 11) is 1.65. The largest absolute Gasteiger partial charge is 0.490 e. The Kier molecular flexibility index (Phi) is 5.32. The molecule has 0 saturated heterocycles. The molecule has 0 aliphatic heterocycles. The Morgan fingerprint density at radius 1 is 1.15 bits per heavy atom. The molecule has 1 aromatic carbocycles. The van der Waals surface area contributed by atoms with Gasteiger partial charge in [0.25, 0.3) is 0 Å². The number of methoxy groups -OCH3 is 1. The first-order chi connectivity index (χ1) is 9.74. The summed E-state index contributed by atoms with van der Waals surface area (Å²) in [6.07, 6.45) is 0.736. The standard InChI is InChI=1S/C15H17ClN2O2/c1-3-15-17-12(10-14(16)18-15)11-6-4-5-7-13(11)20-9-8-19-2/h4-7,10H,3,8-9H2,1-2H3. The smallest absolute Gasteiger partial charge is 0.133 e. The first kappa shape index (κ1) is 14.8. The lowest BCUT2D eigenvalue weighted by Crippen LogP contribution is -2.05. The van der Waals surface area contributed by atoms with E-state index in [2.05, 4.69) is 9.97 Å². The summed E-state index contributed by atoms with van der Waals surface area (Å²) in [5.41, 5.74) is 1.68. The van der Waals surface area contributed by atoms with Crippen molar-refractivity contribution in [3.05, 3.63) is 41.3 Å². The molecule has 2 aromatic rings. The molecule has 0 fully saturated rings. The zero-order valence-corrected chi connectivity index (χ0v) is 12.4. The van der Waals surface area contributed by atoms with Gasteiger partial charge < -0.3 is 9.47 Å². The second-order valence-electron chi connectivity index (χ2n) is 4.18. The topological polar surface area (TPSA) is 44.2 Å². The van der Waals surface area contributed by atoms with E-state index in [1.807, 2.05) is 31.2 Å². The molecule has 0 radical (unpaired) electrons. The number of hydrogen-bond donors (Lipinski definition) is 0. The number of nitrogens with zero attached hydrogens (tertiary/aromatic N) is 2. The number of ether oxygens (including phenoxy) is 2. The third-order valence-electron chi connectivity index (χ3n) is 2.77. The monoisotopic (exact) mass is 292 g/mol. The Balaban J connectivity index is 2.34. The van der Waals surface area contributed by atoms with Crippen molar-refractivity contribution in [3.8, 4) is 17.0 Å². The fraction of sp³-hybridized carbons (Fsp3) is 0.333. The highest BCUT2D eigenvalue weighted by molar-refractivity contribution is 6.29. The summed E-state index contributed by atoms with van der Waals surface area (Å²) < 4.78 is 10.7. The van der Waals surface area contributed by atoms with Crippen LogP contribution in [-0.2, 0) is 11.2 Å². The average molecular weight is 293 g/mol. The van der Waals surface area contributed by atoms with Crippen LogP contribution in [-0.4, -0.2) is 30.3 Å². The maximum Gasteiger partial charge on any atom is 0.133 e. The second kappa shape index (κ2) is 7.22. The van der Waals surface area contributed by atoms with Crippen LogP contribution in [0.5, 0.6) is 5.75 Å². The Bertz CT molecular complexity index is 576. The molecule has 0 N–H and O–H groups in total. The number of aryl methyl sites for hydroxylation is 1. The quantitative estimate of drug-likeness (QED) is 0.605. The molecule has 1 aromatic heterocycles. The number of rotatable bonds is 6. The van der Waals surface area contributed by atoms with Gasteiger partial charge in [0.2, 0.25) is 0 Å². The molecular formula is C15H17ClN2O2. The molecule has 106 valence electrons. The summed E-state index contributed by atoms with van der Waals surface area (Å²) in [4.78, 5) is 8.68. The van der Waals surface area contributed by atoms with E-state index in [9.17, 15) is 0 Å². The molecule has 0 amide bonds. The van der Waals surface area contributed by atoms with Gasteiger partial charge in [-0.2, -0.15) is 0 Å². The van der Waals surface area contributed by atoms with Crippen molar-refractivity contribution >= 4 is 11.6 Å². The molecular weight excluding hydrogens is 276 g/mol. The molecule has 0 bridgehead atoms. The number of para-hydroxylation sites is 1. The Morgan fingerprint density at radius 2 is 1.95 bits per heavy atom. The van der Waals surface area contributed by atoms with Crippen molar-refractivity contribution in [2.75, 3.05) is 20.3 Å². The van der Waals surface area contributed by atoms with Gasteiger partial charge in [-0.25, -0.2) is 9.97 Å². The van der Waals surface area contributed by atoms with Gasteiger partial charge in [0, 0.05) is 25.2 Å². The van der Waals surface area contributed by atoms with E-state index in [0.29, 0.717) is 18.4 Å². The van der Waals surface area contributed by atoms with E-state index in [0.717, 1.165) is 29.3 Å². The zero-order chi connectivity index (χ0) is 14.4. The van der Waals surface area contributed by atoms with Gasteiger partial charge in [0.15, 0.2) is 0 Å². The van der Waals surface area contributed by atoms with Gasteiger partial charge in [-0.1, -0.05) is 30.7 Å². The Hall–Kier alpha value is -1.65. The van der Waals surface area contributed by atoms with E-state index >= 15 is 0 Å². The minimum Gasteiger partial charge on any atom is -0.490 e. The highest BCUT2D eigenvalue weighted by Crippen LogP contribution is 2.29. The third kappa shape index (κ3) is 3.68. The molecule has 0 atom stereocenters. The van der Waals surface area contributed by atoms with Crippen molar-refractivity contribution in [2.45, 2.75) is 13.3 Å². The van der Waals surface area contributed by atoms with Crippen LogP contribution in [0.3, 0.4) is 0 Å². The van der Waals surface area contributed by atoms with Crippen molar-refractivity contribution in [1.29, 1.82) is 0 Å². The maximum atomic E-state index is 6.05. The van der Waals surface area contributed by atoms with Crippen LogP contribution in [0.15, 0.2) is 30.3 Å². The minimum atomic E-state index is 0.443. The lowest BCUT2D eigenvalue weighted by atomic mass is 10.1. The van der Waals surface area contributed by atoms with E-state index in [1.165, 1.54) is 0 Å². The van der Waals surface area contributed by atoms with Gasteiger partial charge >= 0.3 is 0 Å². The Morgan fingerprint density at radius 3 is 2.70 bits per heavy atom. The molecule has 0 saturated carbocycles. The van der Waals surface area contributed by atoms with Crippen molar-refractivity contribution < 1.29 is 9.47 Å². The van der Waals surface area contributed by atoms with Gasteiger partial charge in [0.05, 0.1) is 12.3 Å². The highest BCUT2D eigenvalue weighted by Gasteiger charge is 2.10. The predicted molar refractivity (Wildman–Crippen MR) is 79.2 cm³/mol. The summed E-state index contributed by atoms with van der Waals surface area (Å²) in [6, 6.07) is 9.49. The van der Waals surface area contributed by atoms with E-state index in [1.54, 1.807) is 13.2 Å². The van der Waals surface area contributed by atoms with Gasteiger partial charge in [-0.3, -0.25) is 0 Å². The van der Waals surface area contributed by atoms with Crippen molar-refractivity contribution in [1.82, 2.24) is 9.97 Å². The Labute approximate surface area is 123 Å². The van der Waals surface area contributed by atoms with Crippen LogP contribution in [0.4, 0.5) is 0 Å². The molecule has 1 heterocycles. The lowest BCUT2D eigenvalue weighted by Gasteiger charge is -2.11. The number of hydrogen-bond acceptors (Lipinski definition) is 4. The fourth-order valence-corrected chi connectivity index (χ4v) is 2.00. The second-order valence-corrected chi connectivity index (χ2v) is 4.57. The van der Waals surface area contributed by atoms with Crippen LogP contribution >= 0.6 is 11.6 Å². The molecule has 4 nitrogen and oxygen atoms in total. The molecule has 0 aliphatic carbocycles. The number of aromatic nitrogens is 2. The first-order valence-corrected chi connectivity index (χ1v) is 6.87. The summed E-state index contributed by atoms with van der Waals surface area (Å²) >= 11 is 6.05. The van der Waals surface area contributed by atoms with Gasteiger partial charge in [-0.15, -0.1) is 0 Å². The van der Waals surface area contributed by atoms with Crippen LogP contribution in [0, 0.1) is 0 Å². The summed E-state index contributed by atoms with van der Waals surface area (Å²) in [5, 5.41) is 0.443. The maximum absolute atomic E-state index is 6.05. The first-order valence-electron chi connectivity index (χ1n) is 6.49.